The van der Waals surface area contributed by atoms with Crippen LogP contribution >= 0.6 is 0 Å². The highest BCUT2D eigenvalue weighted by atomic mass is 13.9. The van der Waals surface area contributed by atoms with Crippen LogP contribution in [0.15, 0.2) is 30.3 Å². The quantitative estimate of drug-likeness (QED) is 0.580. The van der Waals surface area contributed by atoms with Gasteiger partial charge in [-0.3, -0.25) is 0 Å². The van der Waals surface area contributed by atoms with E-state index in [0.717, 1.165) is 19.3 Å². The first-order valence-corrected chi connectivity index (χ1v) is 4.43. The fourth-order valence-electron chi connectivity index (χ4n) is 0.974. The van der Waals surface area contributed by atoms with Crippen molar-refractivity contribution < 1.29 is 0 Å². The van der Waals surface area contributed by atoms with Crippen molar-refractivity contribution in [2.75, 3.05) is 0 Å². The Labute approximate surface area is 74.6 Å². The lowest BCUT2D eigenvalue weighted by molar-refractivity contribution is 0.981. The number of hydrogen-bond acceptors (Lipinski definition) is 0. The molecular weight excluding hydrogens is 144 g/mol. The van der Waals surface area contributed by atoms with E-state index < -0.39 is 0 Å². The first-order valence-electron chi connectivity index (χ1n) is 4.43. The van der Waals surface area contributed by atoms with Gasteiger partial charge in [-0.1, -0.05) is 43.2 Å². The Morgan fingerprint density at radius 1 is 1.08 bits per heavy atom. The van der Waals surface area contributed by atoms with Gasteiger partial charge in [-0.2, -0.15) is 0 Å². The van der Waals surface area contributed by atoms with Crippen LogP contribution in [-0.2, 0) is 6.42 Å². The largest absolute Gasteiger partial charge is 0.103 e. The number of rotatable bonds is 2. The molecule has 0 bridgehead atoms. The summed E-state index contributed by atoms with van der Waals surface area (Å²) >= 11 is 0. The Morgan fingerprint density at radius 2 is 1.83 bits per heavy atom. The summed E-state index contributed by atoms with van der Waals surface area (Å²) < 4.78 is 0. The SMILES string of the molecule is CCCC#CCc1ccccc1. The van der Waals surface area contributed by atoms with Crippen LogP contribution in [0.25, 0.3) is 0 Å². The molecule has 0 aliphatic rings. The third kappa shape index (κ3) is 3.25. The molecule has 12 heavy (non-hydrogen) atoms. The Kier molecular flexibility index (Phi) is 4.02. The first-order chi connectivity index (χ1) is 5.93. The van der Waals surface area contributed by atoms with Crippen LogP contribution in [0.4, 0.5) is 0 Å². The van der Waals surface area contributed by atoms with Gasteiger partial charge in [-0.05, 0) is 12.0 Å². The smallest absolute Gasteiger partial charge is 0.0340 e. The maximum absolute atomic E-state index is 3.15. The van der Waals surface area contributed by atoms with Crippen LogP contribution in [0.5, 0.6) is 0 Å². The van der Waals surface area contributed by atoms with Crippen LogP contribution in [0, 0.1) is 11.8 Å². The van der Waals surface area contributed by atoms with Crippen molar-refractivity contribution >= 4 is 0 Å². The summed E-state index contributed by atoms with van der Waals surface area (Å²) in [6, 6.07) is 10.4. The minimum absolute atomic E-state index is 0.890. The number of benzene rings is 1. The molecule has 0 heteroatoms. The zero-order valence-corrected chi connectivity index (χ0v) is 7.51. The third-order valence-corrected chi connectivity index (χ3v) is 1.64. The molecule has 1 aromatic rings. The molecule has 62 valence electrons. The van der Waals surface area contributed by atoms with E-state index in [1.54, 1.807) is 0 Å². The van der Waals surface area contributed by atoms with Gasteiger partial charge in [0.15, 0.2) is 0 Å². The molecular formula is C12H14. The number of hydrogen-bond donors (Lipinski definition) is 0. The molecule has 0 spiro atoms. The van der Waals surface area contributed by atoms with Crippen molar-refractivity contribution in [1.82, 2.24) is 0 Å². The highest BCUT2D eigenvalue weighted by Gasteiger charge is 1.83. The molecule has 0 aliphatic carbocycles. The average molecular weight is 158 g/mol. The molecule has 0 saturated carbocycles. The predicted molar refractivity (Wildman–Crippen MR) is 52.8 cm³/mol. The second-order valence-electron chi connectivity index (χ2n) is 2.77. The van der Waals surface area contributed by atoms with Crippen LogP contribution in [0.1, 0.15) is 25.3 Å². The van der Waals surface area contributed by atoms with Crippen LogP contribution in [0.2, 0.25) is 0 Å². The van der Waals surface area contributed by atoms with Gasteiger partial charge >= 0.3 is 0 Å². The van der Waals surface area contributed by atoms with E-state index in [4.69, 9.17) is 0 Å². The Balaban J connectivity index is 2.40. The normalized spacial score (nSPS) is 8.75. The molecule has 0 saturated heterocycles. The Bertz CT molecular complexity index is 261. The molecule has 1 aromatic carbocycles. The molecule has 0 aliphatic heterocycles. The van der Waals surface area contributed by atoms with Crippen molar-refractivity contribution in [1.29, 1.82) is 0 Å². The maximum Gasteiger partial charge on any atom is 0.0340 e. The van der Waals surface area contributed by atoms with E-state index >= 15 is 0 Å². The molecule has 0 atom stereocenters. The Morgan fingerprint density at radius 3 is 2.50 bits per heavy atom. The lowest BCUT2D eigenvalue weighted by Crippen LogP contribution is -1.78. The molecule has 0 heterocycles. The first kappa shape index (κ1) is 8.87. The Hall–Kier alpha value is -1.22. The van der Waals surface area contributed by atoms with Crippen LogP contribution in [0.3, 0.4) is 0 Å². The minimum Gasteiger partial charge on any atom is -0.103 e. The summed E-state index contributed by atoms with van der Waals surface area (Å²) in [4.78, 5) is 0. The monoisotopic (exact) mass is 158 g/mol. The molecule has 1 rings (SSSR count). The molecule has 0 aromatic heterocycles. The fourth-order valence-corrected chi connectivity index (χ4v) is 0.974. The van der Waals surface area contributed by atoms with Gasteiger partial charge in [0.2, 0.25) is 0 Å². The standard InChI is InChI=1S/C12H14/c1-2-3-4-6-9-12-10-7-5-8-11-12/h5,7-8,10-11H,2-3,9H2,1H3. The summed E-state index contributed by atoms with van der Waals surface area (Å²) in [6.07, 6.45) is 3.06. The predicted octanol–water partition coefficient (Wildman–Crippen LogP) is 3.03. The third-order valence-electron chi connectivity index (χ3n) is 1.64. The van der Waals surface area contributed by atoms with E-state index in [2.05, 4.69) is 43.0 Å². The zero-order valence-electron chi connectivity index (χ0n) is 7.51. The van der Waals surface area contributed by atoms with Crippen molar-refractivity contribution in [3.8, 4) is 11.8 Å². The van der Waals surface area contributed by atoms with Crippen molar-refractivity contribution in [2.45, 2.75) is 26.2 Å². The van der Waals surface area contributed by atoms with E-state index in [1.807, 2.05) is 6.07 Å². The van der Waals surface area contributed by atoms with Gasteiger partial charge in [-0.15, -0.1) is 5.92 Å². The van der Waals surface area contributed by atoms with Crippen LogP contribution < -0.4 is 0 Å². The van der Waals surface area contributed by atoms with E-state index in [-0.39, 0.29) is 0 Å². The second-order valence-corrected chi connectivity index (χ2v) is 2.77. The van der Waals surface area contributed by atoms with E-state index in [9.17, 15) is 0 Å². The highest BCUT2D eigenvalue weighted by molar-refractivity contribution is 5.20. The molecule has 0 fully saturated rings. The maximum atomic E-state index is 3.15. The van der Waals surface area contributed by atoms with Crippen molar-refractivity contribution in [2.24, 2.45) is 0 Å². The fraction of sp³-hybridized carbons (Fsp3) is 0.333. The molecule has 0 nitrogen and oxygen atoms in total. The summed E-state index contributed by atoms with van der Waals surface area (Å²) in [5.74, 6) is 6.29. The van der Waals surface area contributed by atoms with Gasteiger partial charge in [-0.25, -0.2) is 0 Å². The minimum atomic E-state index is 0.890. The summed E-state index contributed by atoms with van der Waals surface area (Å²) in [5, 5.41) is 0. The van der Waals surface area contributed by atoms with E-state index in [0.29, 0.717) is 0 Å². The lowest BCUT2D eigenvalue weighted by Gasteiger charge is -1.90. The summed E-state index contributed by atoms with van der Waals surface area (Å²) in [7, 11) is 0. The van der Waals surface area contributed by atoms with Gasteiger partial charge in [0.05, 0.1) is 0 Å². The van der Waals surface area contributed by atoms with Gasteiger partial charge in [0, 0.05) is 12.8 Å². The second kappa shape index (κ2) is 5.43. The topological polar surface area (TPSA) is 0 Å². The summed E-state index contributed by atoms with van der Waals surface area (Å²) in [5.41, 5.74) is 1.31. The van der Waals surface area contributed by atoms with Gasteiger partial charge < -0.3 is 0 Å². The molecule has 0 radical (unpaired) electrons. The average Bonchev–Trinajstić information content (AvgIpc) is 2.14. The molecule has 0 N–H and O–H groups in total. The van der Waals surface area contributed by atoms with Gasteiger partial charge in [0.25, 0.3) is 0 Å². The summed E-state index contributed by atoms with van der Waals surface area (Å²) in [6.45, 7) is 2.15. The lowest BCUT2D eigenvalue weighted by atomic mass is 10.1. The van der Waals surface area contributed by atoms with Crippen LogP contribution in [-0.4, -0.2) is 0 Å². The van der Waals surface area contributed by atoms with Crippen molar-refractivity contribution in [3.05, 3.63) is 35.9 Å². The molecule has 0 amide bonds. The zero-order chi connectivity index (χ0) is 8.65. The van der Waals surface area contributed by atoms with Gasteiger partial charge in [0.1, 0.15) is 0 Å². The number of unbranched alkanes of at least 4 members (excludes halogenated alkanes) is 1. The van der Waals surface area contributed by atoms with Crippen molar-refractivity contribution in [3.63, 3.8) is 0 Å². The molecule has 0 unspecified atom stereocenters. The highest BCUT2D eigenvalue weighted by Crippen LogP contribution is 1.97. The van der Waals surface area contributed by atoms with E-state index in [1.165, 1.54) is 5.56 Å².